The number of ether oxygens (including phenoxy) is 1. The van der Waals surface area contributed by atoms with Gasteiger partial charge in [0.15, 0.2) is 5.82 Å². The molecule has 1 amide bonds. The average molecular weight is 247 g/mol. The molecule has 0 N–H and O–H groups in total. The van der Waals surface area contributed by atoms with Gasteiger partial charge in [0.1, 0.15) is 0 Å². The van der Waals surface area contributed by atoms with Gasteiger partial charge in [-0.25, -0.2) is 0 Å². The second-order valence-electron chi connectivity index (χ2n) is 4.25. The molecule has 5 nitrogen and oxygen atoms in total. The Morgan fingerprint density at radius 2 is 2.28 bits per heavy atom. The predicted octanol–water partition coefficient (Wildman–Crippen LogP) is 2.37. The SMILES string of the molecule is CCCCOc1cccc(N2N=C(C)CC2=O)n1. The smallest absolute Gasteiger partial charge is 0.254 e. The van der Waals surface area contributed by atoms with E-state index >= 15 is 0 Å². The fourth-order valence-corrected chi connectivity index (χ4v) is 1.66. The highest BCUT2D eigenvalue weighted by Gasteiger charge is 2.23. The van der Waals surface area contributed by atoms with E-state index in [0.29, 0.717) is 24.7 Å². The maximum absolute atomic E-state index is 11.7. The van der Waals surface area contributed by atoms with E-state index in [-0.39, 0.29) is 5.91 Å². The number of nitrogens with zero attached hydrogens (tertiary/aromatic N) is 3. The van der Waals surface area contributed by atoms with E-state index in [9.17, 15) is 4.79 Å². The van der Waals surface area contributed by atoms with Gasteiger partial charge < -0.3 is 4.74 Å². The minimum atomic E-state index is -0.0503. The summed E-state index contributed by atoms with van der Waals surface area (Å²) in [6.45, 7) is 4.58. The lowest BCUT2D eigenvalue weighted by atomic mass is 10.3. The van der Waals surface area contributed by atoms with Crippen LogP contribution in [-0.4, -0.2) is 23.2 Å². The van der Waals surface area contributed by atoms with E-state index in [0.717, 1.165) is 18.6 Å². The number of anilines is 1. The van der Waals surface area contributed by atoms with E-state index in [2.05, 4.69) is 17.0 Å². The molecule has 0 fully saturated rings. The number of hydrogen-bond acceptors (Lipinski definition) is 4. The first-order chi connectivity index (χ1) is 8.70. The Bertz CT molecular complexity index is 471. The van der Waals surface area contributed by atoms with Crippen LogP contribution in [-0.2, 0) is 4.79 Å². The molecule has 0 aliphatic carbocycles. The highest BCUT2D eigenvalue weighted by atomic mass is 16.5. The molecule has 1 aromatic rings. The summed E-state index contributed by atoms with van der Waals surface area (Å²) in [5, 5.41) is 5.50. The van der Waals surface area contributed by atoms with Crippen LogP contribution in [0.3, 0.4) is 0 Å². The van der Waals surface area contributed by atoms with E-state index in [4.69, 9.17) is 4.74 Å². The summed E-state index contributed by atoms with van der Waals surface area (Å²) < 4.78 is 5.51. The van der Waals surface area contributed by atoms with Crippen molar-refractivity contribution in [1.29, 1.82) is 0 Å². The Morgan fingerprint density at radius 1 is 1.44 bits per heavy atom. The molecule has 1 aromatic heterocycles. The zero-order chi connectivity index (χ0) is 13.0. The van der Waals surface area contributed by atoms with Crippen molar-refractivity contribution >= 4 is 17.4 Å². The Labute approximate surface area is 106 Å². The zero-order valence-electron chi connectivity index (χ0n) is 10.7. The fourth-order valence-electron chi connectivity index (χ4n) is 1.66. The Hall–Kier alpha value is -1.91. The van der Waals surface area contributed by atoms with Gasteiger partial charge in [-0.3, -0.25) is 4.79 Å². The van der Waals surface area contributed by atoms with Gasteiger partial charge >= 0.3 is 0 Å². The number of unbranched alkanes of at least 4 members (excludes halogenated alkanes) is 1. The summed E-state index contributed by atoms with van der Waals surface area (Å²) in [5.41, 5.74) is 0.805. The summed E-state index contributed by atoms with van der Waals surface area (Å²) >= 11 is 0. The zero-order valence-corrected chi connectivity index (χ0v) is 10.7. The molecular weight excluding hydrogens is 230 g/mol. The summed E-state index contributed by atoms with van der Waals surface area (Å²) in [5.74, 6) is 1.00. The number of hydrazone groups is 1. The largest absolute Gasteiger partial charge is 0.478 e. The summed E-state index contributed by atoms with van der Waals surface area (Å²) in [7, 11) is 0. The van der Waals surface area contributed by atoms with Crippen LogP contribution in [0.15, 0.2) is 23.3 Å². The molecule has 0 atom stereocenters. The summed E-state index contributed by atoms with van der Waals surface area (Å²) in [6, 6.07) is 5.36. The molecule has 5 heteroatoms. The highest BCUT2D eigenvalue weighted by Crippen LogP contribution is 2.20. The Balaban J connectivity index is 2.10. The molecule has 0 bridgehead atoms. The van der Waals surface area contributed by atoms with Gasteiger partial charge in [-0.2, -0.15) is 15.1 Å². The van der Waals surface area contributed by atoms with E-state index in [1.54, 1.807) is 12.1 Å². The van der Waals surface area contributed by atoms with Crippen molar-refractivity contribution < 1.29 is 9.53 Å². The van der Waals surface area contributed by atoms with Crippen molar-refractivity contribution in [1.82, 2.24) is 4.98 Å². The standard InChI is InChI=1S/C13H17N3O2/c1-3-4-8-18-12-7-5-6-11(14-12)16-13(17)9-10(2)15-16/h5-7H,3-4,8-9H2,1-2H3. The van der Waals surface area contributed by atoms with Crippen molar-refractivity contribution in [3.8, 4) is 5.88 Å². The molecule has 0 aromatic carbocycles. The molecule has 96 valence electrons. The van der Waals surface area contributed by atoms with E-state index < -0.39 is 0 Å². The molecule has 0 unspecified atom stereocenters. The second-order valence-corrected chi connectivity index (χ2v) is 4.25. The number of carbonyl (C=O) groups excluding carboxylic acids is 1. The first kappa shape index (κ1) is 12.5. The van der Waals surface area contributed by atoms with Crippen LogP contribution < -0.4 is 9.75 Å². The maximum Gasteiger partial charge on any atom is 0.254 e. The minimum Gasteiger partial charge on any atom is -0.478 e. The molecule has 2 heterocycles. The second kappa shape index (κ2) is 5.62. The van der Waals surface area contributed by atoms with Crippen molar-refractivity contribution in [3.05, 3.63) is 18.2 Å². The molecular formula is C13H17N3O2. The molecule has 1 aliphatic rings. The van der Waals surface area contributed by atoms with Crippen LogP contribution in [0.5, 0.6) is 5.88 Å². The van der Waals surface area contributed by atoms with Crippen molar-refractivity contribution in [2.75, 3.05) is 11.6 Å². The van der Waals surface area contributed by atoms with Crippen molar-refractivity contribution in [2.24, 2.45) is 5.10 Å². The van der Waals surface area contributed by atoms with Crippen molar-refractivity contribution in [2.45, 2.75) is 33.1 Å². The molecule has 0 radical (unpaired) electrons. The number of amides is 1. The van der Waals surface area contributed by atoms with Crippen LogP contribution in [0.4, 0.5) is 5.82 Å². The first-order valence-corrected chi connectivity index (χ1v) is 6.17. The van der Waals surface area contributed by atoms with Gasteiger partial charge in [0.25, 0.3) is 5.91 Å². The first-order valence-electron chi connectivity index (χ1n) is 6.17. The number of rotatable bonds is 5. The maximum atomic E-state index is 11.7. The monoisotopic (exact) mass is 247 g/mol. The Kier molecular flexibility index (Phi) is 3.92. The third-order valence-electron chi connectivity index (χ3n) is 2.59. The fraction of sp³-hybridized carbons (Fsp3) is 0.462. The van der Waals surface area contributed by atoms with Gasteiger partial charge in [0, 0.05) is 11.8 Å². The highest BCUT2D eigenvalue weighted by molar-refractivity contribution is 6.11. The predicted molar refractivity (Wildman–Crippen MR) is 69.9 cm³/mol. The number of pyridine rings is 1. The topological polar surface area (TPSA) is 54.8 Å². The molecule has 0 saturated heterocycles. The lowest BCUT2D eigenvalue weighted by molar-refractivity contribution is -0.116. The van der Waals surface area contributed by atoms with Gasteiger partial charge in [0.2, 0.25) is 5.88 Å². The van der Waals surface area contributed by atoms with Crippen LogP contribution in [0, 0.1) is 0 Å². The minimum absolute atomic E-state index is 0.0503. The average Bonchev–Trinajstić information content (AvgIpc) is 2.69. The van der Waals surface area contributed by atoms with Crippen LogP contribution in [0.25, 0.3) is 0 Å². The molecule has 2 rings (SSSR count). The van der Waals surface area contributed by atoms with Crippen LogP contribution >= 0.6 is 0 Å². The third kappa shape index (κ3) is 2.85. The van der Waals surface area contributed by atoms with Gasteiger partial charge in [-0.05, 0) is 19.4 Å². The van der Waals surface area contributed by atoms with Crippen molar-refractivity contribution in [3.63, 3.8) is 0 Å². The van der Waals surface area contributed by atoms with E-state index in [1.165, 1.54) is 5.01 Å². The molecule has 0 saturated carbocycles. The molecule has 1 aliphatic heterocycles. The Morgan fingerprint density at radius 3 is 2.94 bits per heavy atom. The van der Waals surface area contributed by atoms with Gasteiger partial charge in [-0.15, -0.1) is 0 Å². The molecule has 0 spiro atoms. The number of aromatic nitrogens is 1. The summed E-state index contributed by atoms with van der Waals surface area (Å²) in [4.78, 5) is 16.0. The van der Waals surface area contributed by atoms with Crippen LogP contribution in [0.2, 0.25) is 0 Å². The third-order valence-corrected chi connectivity index (χ3v) is 2.59. The van der Waals surface area contributed by atoms with Gasteiger partial charge in [0.05, 0.1) is 13.0 Å². The number of carbonyl (C=O) groups is 1. The normalized spacial score (nSPS) is 14.9. The number of hydrogen-bond donors (Lipinski definition) is 0. The van der Waals surface area contributed by atoms with E-state index in [1.807, 2.05) is 13.0 Å². The summed E-state index contributed by atoms with van der Waals surface area (Å²) in [6.07, 6.45) is 2.43. The lowest BCUT2D eigenvalue weighted by Crippen LogP contribution is -2.20. The lowest BCUT2D eigenvalue weighted by Gasteiger charge is -2.12. The molecule has 18 heavy (non-hydrogen) atoms. The van der Waals surface area contributed by atoms with Gasteiger partial charge in [-0.1, -0.05) is 19.4 Å². The quantitative estimate of drug-likeness (QED) is 0.750. The van der Waals surface area contributed by atoms with Crippen LogP contribution in [0.1, 0.15) is 33.1 Å².